The zero-order valence-electron chi connectivity index (χ0n) is 15.9. The van der Waals surface area contributed by atoms with E-state index in [2.05, 4.69) is 9.97 Å². The minimum Gasteiger partial charge on any atom is -0.354 e. The monoisotopic (exact) mass is 388 g/mol. The van der Waals surface area contributed by atoms with Crippen molar-refractivity contribution in [3.63, 3.8) is 0 Å². The molecule has 2 heterocycles. The summed E-state index contributed by atoms with van der Waals surface area (Å²) in [6.07, 6.45) is 0. The Balaban J connectivity index is 1.77. The molecule has 0 spiro atoms. The van der Waals surface area contributed by atoms with Crippen molar-refractivity contribution in [1.29, 1.82) is 0 Å². The molecule has 30 heavy (non-hydrogen) atoms. The number of H-pyrrole nitrogens is 2. The van der Waals surface area contributed by atoms with Crippen LogP contribution in [0.25, 0.3) is 54.7 Å². The van der Waals surface area contributed by atoms with Gasteiger partial charge in [-0.3, -0.25) is 9.59 Å². The van der Waals surface area contributed by atoms with Gasteiger partial charge in [0.2, 0.25) is 0 Å². The highest BCUT2D eigenvalue weighted by Gasteiger charge is 2.13. The van der Waals surface area contributed by atoms with Gasteiger partial charge in [0.25, 0.3) is 0 Å². The number of pyridine rings is 2. The second-order valence-electron chi connectivity index (χ2n) is 7.49. The number of fused-ring (bicyclic) bond motifs is 4. The van der Waals surface area contributed by atoms with Crippen LogP contribution in [0.15, 0.2) is 94.5 Å². The molecule has 0 amide bonds. The minimum absolute atomic E-state index is 0.0415. The molecular weight excluding hydrogens is 372 g/mol. The Bertz CT molecular complexity index is 1730. The van der Waals surface area contributed by atoms with Crippen LogP contribution < -0.4 is 10.9 Å². The summed E-state index contributed by atoms with van der Waals surface area (Å²) >= 11 is 0. The van der Waals surface area contributed by atoms with Crippen LogP contribution in [0.3, 0.4) is 0 Å². The lowest BCUT2D eigenvalue weighted by atomic mass is 9.98. The molecule has 0 aliphatic heterocycles. The first-order valence-corrected chi connectivity index (χ1v) is 9.79. The molecule has 0 atom stereocenters. The fourth-order valence-electron chi connectivity index (χ4n) is 4.30. The number of benzene rings is 4. The van der Waals surface area contributed by atoms with Crippen molar-refractivity contribution in [1.82, 2.24) is 9.97 Å². The molecule has 0 bridgehead atoms. The van der Waals surface area contributed by atoms with Gasteiger partial charge in [-0.15, -0.1) is 0 Å². The van der Waals surface area contributed by atoms with E-state index >= 15 is 0 Å². The average molecular weight is 388 g/mol. The van der Waals surface area contributed by atoms with E-state index in [1.807, 2.05) is 72.8 Å². The molecule has 2 N–H and O–H groups in total. The van der Waals surface area contributed by atoms with Gasteiger partial charge in [-0.1, -0.05) is 54.6 Å². The van der Waals surface area contributed by atoms with E-state index in [0.29, 0.717) is 32.6 Å². The molecule has 142 valence electrons. The number of hydrogen-bond acceptors (Lipinski definition) is 2. The Morgan fingerprint density at radius 1 is 0.500 bits per heavy atom. The summed E-state index contributed by atoms with van der Waals surface area (Å²) in [5.74, 6) is 0. The molecule has 0 aliphatic carbocycles. The fraction of sp³-hybridized carbons (Fsp3) is 0. The summed E-state index contributed by atoms with van der Waals surface area (Å²) in [7, 11) is 0. The van der Waals surface area contributed by atoms with E-state index in [0.717, 1.165) is 22.2 Å². The van der Waals surface area contributed by atoms with Crippen LogP contribution in [0, 0.1) is 0 Å². The molecule has 0 unspecified atom stereocenters. The lowest BCUT2D eigenvalue weighted by molar-refractivity contribution is 1.46. The molecule has 0 saturated heterocycles. The van der Waals surface area contributed by atoms with Gasteiger partial charge in [-0.25, -0.2) is 0 Å². The van der Waals surface area contributed by atoms with Gasteiger partial charge >= 0.3 is 0 Å². The first-order valence-electron chi connectivity index (χ1n) is 9.79. The second-order valence-corrected chi connectivity index (χ2v) is 7.49. The summed E-state index contributed by atoms with van der Waals surface area (Å²) in [6, 6.07) is 26.7. The van der Waals surface area contributed by atoms with Gasteiger partial charge < -0.3 is 9.97 Å². The Labute approximate surface area is 170 Å². The molecule has 4 nitrogen and oxygen atoms in total. The van der Waals surface area contributed by atoms with Gasteiger partial charge in [0.15, 0.2) is 10.9 Å². The highest BCUT2D eigenvalue weighted by Crippen LogP contribution is 2.28. The summed E-state index contributed by atoms with van der Waals surface area (Å²) in [5, 5.41) is 2.41. The topological polar surface area (TPSA) is 65.7 Å². The van der Waals surface area contributed by atoms with Gasteiger partial charge in [0.05, 0.1) is 21.9 Å². The summed E-state index contributed by atoms with van der Waals surface area (Å²) < 4.78 is 0. The molecule has 2 aromatic heterocycles. The molecule has 0 aliphatic rings. The maximum Gasteiger partial charge on any atom is 0.197 e. The number of hydrogen-bond donors (Lipinski definition) is 2. The summed E-state index contributed by atoms with van der Waals surface area (Å²) in [5.41, 5.74) is 4.63. The van der Waals surface area contributed by atoms with Crippen LogP contribution in [0.5, 0.6) is 0 Å². The summed E-state index contributed by atoms with van der Waals surface area (Å²) in [6.45, 7) is 0. The van der Waals surface area contributed by atoms with Gasteiger partial charge in [-0.2, -0.15) is 0 Å². The van der Waals surface area contributed by atoms with E-state index in [1.165, 1.54) is 0 Å². The van der Waals surface area contributed by atoms with E-state index in [4.69, 9.17) is 0 Å². The van der Waals surface area contributed by atoms with Crippen LogP contribution >= 0.6 is 0 Å². The standard InChI is InChI=1S/C26H16N2O2/c29-25-17-9-4-5-11-20(17)27-22-14-19-23(13-18(22)25)28-21-12-6-10-16(24(21)26(19)30)15-7-2-1-3-8-15/h1-14H,(H,27,29)(H,28,30). The van der Waals surface area contributed by atoms with Crippen molar-refractivity contribution in [3.8, 4) is 11.1 Å². The third kappa shape index (κ3) is 2.34. The molecular formula is C26H16N2O2. The van der Waals surface area contributed by atoms with Crippen molar-refractivity contribution in [2.24, 2.45) is 0 Å². The number of rotatable bonds is 1. The maximum atomic E-state index is 13.6. The third-order valence-corrected chi connectivity index (χ3v) is 5.73. The molecule has 0 radical (unpaired) electrons. The first-order chi connectivity index (χ1) is 14.7. The van der Waals surface area contributed by atoms with Gasteiger partial charge in [0.1, 0.15) is 0 Å². The predicted molar refractivity (Wildman–Crippen MR) is 123 cm³/mol. The minimum atomic E-state index is -0.0471. The number of para-hydroxylation sites is 1. The van der Waals surface area contributed by atoms with Crippen molar-refractivity contribution < 1.29 is 0 Å². The number of nitrogens with one attached hydrogen (secondary N) is 2. The highest BCUT2D eigenvalue weighted by molar-refractivity contribution is 6.05. The predicted octanol–water partition coefficient (Wildman–Crippen LogP) is 5.34. The SMILES string of the molecule is O=c1c2ccccc2[nH]c2cc3c(=O)c4c(-c5ccccc5)cccc4[nH]c3cc12. The van der Waals surface area contributed by atoms with Crippen molar-refractivity contribution in [2.75, 3.05) is 0 Å². The Morgan fingerprint density at radius 2 is 1.13 bits per heavy atom. The van der Waals surface area contributed by atoms with E-state index in [9.17, 15) is 9.59 Å². The van der Waals surface area contributed by atoms with E-state index in [-0.39, 0.29) is 10.9 Å². The molecule has 6 rings (SSSR count). The number of aromatic nitrogens is 2. The smallest absolute Gasteiger partial charge is 0.197 e. The van der Waals surface area contributed by atoms with Crippen molar-refractivity contribution in [2.45, 2.75) is 0 Å². The zero-order valence-corrected chi connectivity index (χ0v) is 15.9. The van der Waals surface area contributed by atoms with E-state index in [1.54, 1.807) is 12.1 Å². The largest absolute Gasteiger partial charge is 0.354 e. The van der Waals surface area contributed by atoms with Crippen LogP contribution in [-0.4, -0.2) is 9.97 Å². The van der Waals surface area contributed by atoms with Crippen molar-refractivity contribution >= 4 is 43.6 Å². The molecule has 6 aromatic rings. The van der Waals surface area contributed by atoms with Crippen LogP contribution in [-0.2, 0) is 0 Å². The Kier molecular flexibility index (Phi) is 3.44. The maximum absolute atomic E-state index is 13.6. The normalized spacial score (nSPS) is 11.6. The Hall–Kier alpha value is -4.18. The fourth-order valence-corrected chi connectivity index (χ4v) is 4.30. The quantitative estimate of drug-likeness (QED) is 0.373. The first kappa shape index (κ1) is 16.7. The molecule has 4 aromatic carbocycles. The molecule has 0 saturated carbocycles. The summed E-state index contributed by atoms with van der Waals surface area (Å²) in [4.78, 5) is 33.3. The molecule has 0 fully saturated rings. The van der Waals surface area contributed by atoms with Crippen molar-refractivity contribution in [3.05, 3.63) is 105 Å². The second kappa shape index (κ2) is 6.16. The van der Waals surface area contributed by atoms with Crippen LogP contribution in [0.1, 0.15) is 0 Å². The Morgan fingerprint density at radius 3 is 1.93 bits per heavy atom. The lowest BCUT2D eigenvalue weighted by Gasteiger charge is -2.10. The molecule has 4 heteroatoms. The van der Waals surface area contributed by atoms with Crippen LogP contribution in [0.4, 0.5) is 0 Å². The van der Waals surface area contributed by atoms with E-state index < -0.39 is 0 Å². The third-order valence-electron chi connectivity index (χ3n) is 5.73. The highest BCUT2D eigenvalue weighted by atomic mass is 16.1. The average Bonchev–Trinajstić information content (AvgIpc) is 2.79. The van der Waals surface area contributed by atoms with Crippen LogP contribution in [0.2, 0.25) is 0 Å². The lowest BCUT2D eigenvalue weighted by Crippen LogP contribution is -2.09. The van der Waals surface area contributed by atoms with Gasteiger partial charge in [-0.05, 0) is 41.5 Å². The zero-order chi connectivity index (χ0) is 20.2. The number of aromatic amines is 2. The van der Waals surface area contributed by atoms with Gasteiger partial charge in [0, 0.05) is 21.7 Å².